The maximum Gasteiger partial charge on any atom is 0.201 e. The Labute approximate surface area is 50.9 Å². The first-order valence-electron chi connectivity index (χ1n) is 2.29. The number of hydrazine groups is 2. The van der Waals surface area contributed by atoms with Gasteiger partial charge in [0.25, 0.3) is 0 Å². The van der Waals surface area contributed by atoms with Crippen LogP contribution >= 0.6 is 0 Å². The fourth-order valence-corrected chi connectivity index (χ4v) is 0.490. The maximum absolute atomic E-state index is 8.66. The molecule has 0 aromatic heterocycles. The Morgan fingerprint density at radius 1 is 1.67 bits per heavy atom. The highest BCUT2D eigenvalue weighted by Crippen LogP contribution is 1.92. The standard InChI is InChI=1S/C3H7N3O3/c7-2-1-3(8)5-6(9)4-2/h1-2,4-5,7-9H. The number of aliphatic hydroxyl groups excluding tert-OH is 2. The molecule has 9 heavy (non-hydrogen) atoms. The molecular weight excluding hydrogens is 126 g/mol. The summed E-state index contributed by atoms with van der Waals surface area (Å²) >= 11 is 0. The monoisotopic (exact) mass is 133 g/mol. The molecule has 1 aliphatic rings. The molecule has 0 amide bonds. The third-order valence-corrected chi connectivity index (χ3v) is 0.791. The van der Waals surface area contributed by atoms with Gasteiger partial charge in [0.1, 0.15) is 6.23 Å². The fourth-order valence-electron chi connectivity index (χ4n) is 0.490. The Hall–Kier alpha value is -0.820. The van der Waals surface area contributed by atoms with Crippen molar-refractivity contribution >= 4 is 0 Å². The second-order valence-corrected chi connectivity index (χ2v) is 1.55. The first-order valence-corrected chi connectivity index (χ1v) is 2.29. The summed E-state index contributed by atoms with van der Waals surface area (Å²) in [4.78, 5) is 0. The minimum absolute atomic E-state index is 0.302. The molecule has 52 valence electrons. The first-order chi connectivity index (χ1) is 4.18. The van der Waals surface area contributed by atoms with Crippen molar-refractivity contribution in [1.29, 1.82) is 0 Å². The molecule has 0 fully saturated rings. The molecule has 1 aliphatic heterocycles. The zero-order chi connectivity index (χ0) is 6.85. The lowest BCUT2D eigenvalue weighted by atomic mass is 10.5. The van der Waals surface area contributed by atoms with Gasteiger partial charge in [-0.25, -0.2) is 0 Å². The Kier molecular flexibility index (Phi) is 1.54. The van der Waals surface area contributed by atoms with Gasteiger partial charge in [-0.05, 0) is 5.28 Å². The Balaban J connectivity index is 2.56. The predicted molar refractivity (Wildman–Crippen MR) is 26.6 cm³/mol. The quantitative estimate of drug-likeness (QED) is 0.274. The molecule has 1 heterocycles. The van der Waals surface area contributed by atoms with E-state index in [4.69, 9.17) is 15.4 Å². The fraction of sp³-hybridized carbons (Fsp3) is 0.333. The van der Waals surface area contributed by atoms with Gasteiger partial charge in [0.2, 0.25) is 5.88 Å². The van der Waals surface area contributed by atoms with Crippen molar-refractivity contribution in [3.05, 3.63) is 12.0 Å². The van der Waals surface area contributed by atoms with Gasteiger partial charge in [-0.3, -0.25) is 10.6 Å². The van der Waals surface area contributed by atoms with Crippen molar-refractivity contribution in [1.82, 2.24) is 16.1 Å². The molecule has 0 aliphatic carbocycles. The summed E-state index contributed by atoms with van der Waals surface area (Å²) in [7, 11) is 0. The highest BCUT2D eigenvalue weighted by molar-refractivity contribution is 4.93. The SMILES string of the molecule is OC1=CC(O)NN(O)N1. The number of aliphatic hydroxyl groups is 2. The van der Waals surface area contributed by atoms with Crippen molar-refractivity contribution in [2.75, 3.05) is 0 Å². The molecular formula is C3H7N3O3. The molecule has 5 N–H and O–H groups in total. The van der Waals surface area contributed by atoms with Crippen LogP contribution < -0.4 is 10.9 Å². The van der Waals surface area contributed by atoms with Gasteiger partial charge in [-0.1, -0.05) is 0 Å². The van der Waals surface area contributed by atoms with E-state index in [2.05, 4.69) is 5.43 Å². The highest BCUT2D eigenvalue weighted by Gasteiger charge is 2.12. The molecule has 0 bridgehead atoms. The zero-order valence-corrected chi connectivity index (χ0v) is 4.44. The van der Waals surface area contributed by atoms with Crippen LogP contribution in [-0.2, 0) is 0 Å². The summed E-state index contributed by atoms with van der Waals surface area (Å²) in [5.41, 5.74) is 4.15. The van der Waals surface area contributed by atoms with Gasteiger partial charge >= 0.3 is 0 Å². The first kappa shape index (κ1) is 6.30. The number of hydrogen-bond donors (Lipinski definition) is 5. The molecule has 0 radical (unpaired) electrons. The van der Waals surface area contributed by atoms with Crippen LogP contribution in [0.25, 0.3) is 0 Å². The van der Waals surface area contributed by atoms with Crippen LogP contribution in [0, 0.1) is 0 Å². The van der Waals surface area contributed by atoms with E-state index < -0.39 is 6.23 Å². The highest BCUT2D eigenvalue weighted by atomic mass is 16.6. The van der Waals surface area contributed by atoms with Crippen LogP contribution in [0.15, 0.2) is 12.0 Å². The normalized spacial score (nSPS) is 29.1. The number of hydrogen-bond acceptors (Lipinski definition) is 6. The van der Waals surface area contributed by atoms with Gasteiger partial charge in [0.05, 0.1) is 0 Å². The van der Waals surface area contributed by atoms with Crippen LogP contribution in [0.4, 0.5) is 0 Å². The average molecular weight is 133 g/mol. The van der Waals surface area contributed by atoms with E-state index >= 15 is 0 Å². The topological polar surface area (TPSA) is 88.0 Å². The van der Waals surface area contributed by atoms with Crippen molar-refractivity contribution in [3.8, 4) is 0 Å². The van der Waals surface area contributed by atoms with E-state index in [1.54, 1.807) is 0 Å². The third-order valence-electron chi connectivity index (χ3n) is 0.791. The molecule has 1 rings (SSSR count). The molecule has 6 nitrogen and oxygen atoms in total. The third kappa shape index (κ3) is 1.54. The smallest absolute Gasteiger partial charge is 0.201 e. The van der Waals surface area contributed by atoms with E-state index in [-0.39, 0.29) is 5.88 Å². The van der Waals surface area contributed by atoms with E-state index in [0.29, 0.717) is 5.28 Å². The Bertz CT molecular complexity index is 136. The van der Waals surface area contributed by atoms with E-state index in [0.717, 1.165) is 6.08 Å². The summed E-state index contributed by atoms with van der Waals surface area (Å²) in [6.07, 6.45) is 0.0310. The molecule has 6 heteroatoms. The van der Waals surface area contributed by atoms with E-state index in [1.807, 2.05) is 5.43 Å². The molecule has 1 unspecified atom stereocenters. The summed E-state index contributed by atoms with van der Waals surface area (Å²) in [6, 6.07) is 0. The minimum atomic E-state index is -1.06. The summed E-state index contributed by atoms with van der Waals surface area (Å²) in [6.45, 7) is 0. The zero-order valence-electron chi connectivity index (χ0n) is 4.44. The molecule has 0 aromatic rings. The van der Waals surface area contributed by atoms with E-state index in [1.165, 1.54) is 0 Å². The molecule has 0 aromatic carbocycles. The largest absolute Gasteiger partial charge is 0.494 e. The molecule has 1 atom stereocenters. The number of nitrogens with zero attached hydrogens (tertiary/aromatic N) is 1. The molecule has 0 saturated heterocycles. The maximum atomic E-state index is 8.66. The van der Waals surface area contributed by atoms with Crippen LogP contribution in [0.2, 0.25) is 0 Å². The van der Waals surface area contributed by atoms with Gasteiger partial charge in [-0.2, -0.15) is 5.43 Å². The van der Waals surface area contributed by atoms with Gasteiger partial charge in [0, 0.05) is 6.08 Å². The minimum Gasteiger partial charge on any atom is -0.494 e. The van der Waals surface area contributed by atoms with E-state index in [9.17, 15) is 0 Å². The average Bonchev–Trinajstić information content (AvgIpc) is 1.59. The predicted octanol–water partition coefficient (Wildman–Crippen LogP) is -1.58. The lowest BCUT2D eigenvalue weighted by molar-refractivity contribution is -0.209. The van der Waals surface area contributed by atoms with Crippen molar-refractivity contribution < 1.29 is 15.4 Å². The summed E-state index contributed by atoms with van der Waals surface area (Å²) in [5, 5.41) is 26.1. The summed E-state index contributed by atoms with van der Waals surface area (Å²) < 4.78 is 0. The van der Waals surface area contributed by atoms with Crippen LogP contribution in [0.5, 0.6) is 0 Å². The van der Waals surface area contributed by atoms with Crippen molar-refractivity contribution in [3.63, 3.8) is 0 Å². The van der Waals surface area contributed by atoms with Crippen molar-refractivity contribution in [2.24, 2.45) is 0 Å². The van der Waals surface area contributed by atoms with Crippen LogP contribution in [0.3, 0.4) is 0 Å². The second-order valence-electron chi connectivity index (χ2n) is 1.55. The molecule has 0 spiro atoms. The van der Waals surface area contributed by atoms with Crippen LogP contribution in [-0.4, -0.2) is 26.9 Å². The Morgan fingerprint density at radius 2 is 2.33 bits per heavy atom. The summed E-state index contributed by atoms with van der Waals surface area (Å²) in [5.74, 6) is -0.302. The van der Waals surface area contributed by atoms with Gasteiger partial charge in [-0.15, -0.1) is 0 Å². The van der Waals surface area contributed by atoms with Gasteiger partial charge < -0.3 is 10.2 Å². The second kappa shape index (κ2) is 2.19. The number of rotatable bonds is 0. The molecule has 0 saturated carbocycles. The van der Waals surface area contributed by atoms with Gasteiger partial charge in [0.15, 0.2) is 0 Å². The van der Waals surface area contributed by atoms with Crippen molar-refractivity contribution in [2.45, 2.75) is 6.23 Å². The lowest BCUT2D eigenvalue weighted by Gasteiger charge is -2.23. The van der Waals surface area contributed by atoms with Crippen LogP contribution in [0.1, 0.15) is 0 Å². The number of nitrogens with one attached hydrogen (secondary N) is 2. The Morgan fingerprint density at radius 3 is 2.78 bits per heavy atom. The lowest BCUT2D eigenvalue weighted by Crippen LogP contribution is -2.53.